The van der Waals surface area contributed by atoms with Gasteiger partial charge in [0.15, 0.2) is 0 Å². The Morgan fingerprint density at radius 3 is 2.67 bits per heavy atom. The summed E-state index contributed by atoms with van der Waals surface area (Å²) in [6, 6.07) is 5.36. The Bertz CT molecular complexity index is 365. The van der Waals surface area contributed by atoms with E-state index >= 15 is 0 Å². The minimum atomic E-state index is -4.28. The molecule has 0 heterocycles. The molecule has 1 unspecified atom stereocenters. The van der Waals surface area contributed by atoms with Crippen molar-refractivity contribution in [2.75, 3.05) is 6.54 Å². The zero-order valence-electron chi connectivity index (χ0n) is 10.2. The molecule has 1 N–H and O–H groups in total. The second kappa shape index (κ2) is 7.00. The first-order valence-electron chi connectivity index (χ1n) is 5.94. The molecule has 1 nitrogen and oxygen atoms in total. The van der Waals surface area contributed by atoms with Gasteiger partial charge in [-0.1, -0.05) is 25.1 Å². The maximum Gasteiger partial charge on any atom is 0.416 e. The van der Waals surface area contributed by atoms with Crippen LogP contribution >= 0.6 is 11.6 Å². The third-order valence-corrected chi connectivity index (χ3v) is 3.19. The number of nitrogens with one attached hydrogen (secondary N) is 1. The van der Waals surface area contributed by atoms with Crippen molar-refractivity contribution in [3.8, 4) is 0 Å². The van der Waals surface area contributed by atoms with Crippen molar-refractivity contribution in [1.29, 1.82) is 0 Å². The molecule has 102 valence electrons. The van der Waals surface area contributed by atoms with Crippen LogP contribution in [-0.2, 0) is 12.7 Å². The molecule has 0 radical (unpaired) electrons. The van der Waals surface area contributed by atoms with E-state index in [0.29, 0.717) is 18.7 Å². The summed E-state index contributed by atoms with van der Waals surface area (Å²) in [4.78, 5) is 0. The quantitative estimate of drug-likeness (QED) is 0.608. The third-order valence-electron chi connectivity index (χ3n) is 2.66. The van der Waals surface area contributed by atoms with Crippen LogP contribution in [0, 0.1) is 0 Å². The van der Waals surface area contributed by atoms with Crippen molar-refractivity contribution in [2.45, 2.75) is 37.9 Å². The van der Waals surface area contributed by atoms with Gasteiger partial charge in [0.25, 0.3) is 0 Å². The number of rotatable bonds is 6. The molecule has 0 saturated heterocycles. The minimum absolute atomic E-state index is 0.124. The monoisotopic (exact) mass is 279 g/mol. The molecular weight excluding hydrogens is 263 g/mol. The predicted molar refractivity (Wildman–Crippen MR) is 67.7 cm³/mol. The number of benzene rings is 1. The first-order chi connectivity index (χ1) is 8.43. The predicted octanol–water partition coefficient (Wildman–Crippen LogP) is 4.20. The number of halogens is 4. The van der Waals surface area contributed by atoms with Crippen LogP contribution in [0.3, 0.4) is 0 Å². The van der Waals surface area contributed by atoms with Gasteiger partial charge in [0.05, 0.1) is 5.56 Å². The molecule has 0 saturated carbocycles. The van der Waals surface area contributed by atoms with E-state index in [0.717, 1.165) is 18.9 Å². The highest BCUT2D eigenvalue weighted by molar-refractivity contribution is 6.20. The van der Waals surface area contributed by atoms with Crippen LogP contribution in [0.1, 0.15) is 30.9 Å². The van der Waals surface area contributed by atoms with E-state index in [2.05, 4.69) is 5.32 Å². The second-order valence-corrected chi connectivity index (χ2v) is 4.79. The average Bonchev–Trinajstić information content (AvgIpc) is 2.33. The zero-order valence-corrected chi connectivity index (χ0v) is 11.0. The third kappa shape index (κ3) is 5.27. The van der Waals surface area contributed by atoms with Gasteiger partial charge in [-0.3, -0.25) is 0 Å². The van der Waals surface area contributed by atoms with Gasteiger partial charge < -0.3 is 5.32 Å². The van der Waals surface area contributed by atoms with Gasteiger partial charge in [-0.25, -0.2) is 0 Å². The lowest BCUT2D eigenvalue weighted by Crippen LogP contribution is -2.18. The Hall–Kier alpha value is -0.740. The van der Waals surface area contributed by atoms with Crippen LogP contribution in [0.25, 0.3) is 0 Å². The first kappa shape index (κ1) is 15.3. The summed E-state index contributed by atoms with van der Waals surface area (Å²) in [5.74, 6) is 0. The van der Waals surface area contributed by atoms with E-state index in [9.17, 15) is 13.2 Å². The van der Waals surface area contributed by atoms with Crippen molar-refractivity contribution >= 4 is 11.6 Å². The first-order valence-corrected chi connectivity index (χ1v) is 6.38. The summed E-state index contributed by atoms with van der Waals surface area (Å²) < 4.78 is 37.4. The van der Waals surface area contributed by atoms with Gasteiger partial charge in [-0.15, -0.1) is 11.6 Å². The highest BCUT2D eigenvalue weighted by Crippen LogP contribution is 2.29. The van der Waals surface area contributed by atoms with Crippen molar-refractivity contribution in [3.05, 3.63) is 35.4 Å². The van der Waals surface area contributed by atoms with Crippen molar-refractivity contribution in [3.63, 3.8) is 0 Å². The van der Waals surface area contributed by atoms with Gasteiger partial charge in [0.2, 0.25) is 0 Å². The Labute approximate surface area is 110 Å². The summed E-state index contributed by atoms with van der Waals surface area (Å²) in [5.41, 5.74) is 0.0259. The number of alkyl halides is 4. The van der Waals surface area contributed by atoms with E-state index in [1.54, 1.807) is 6.07 Å². The van der Waals surface area contributed by atoms with Gasteiger partial charge in [0.1, 0.15) is 0 Å². The lowest BCUT2D eigenvalue weighted by Gasteiger charge is -2.10. The molecule has 1 rings (SSSR count). The molecule has 0 amide bonds. The highest BCUT2D eigenvalue weighted by atomic mass is 35.5. The maximum absolute atomic E-state index is 12.5. The number of hydrogen-bond acceptors (Lipinski definition) is 1. The molecule has 1 atom stereocenters. The zero-order chi connectivity index (χ0) is 13.6. The molecule has 0 spiro atoms. The van der Waals surface area contributed by atoms with Crippen LogP contribution < -0.4 is 5.32 Å². The second-order valence-electron chi connectivity index (χ2n) is 4.17. The number of hydrogen-bond donors (Lipinski definition) is 1. The van der Waals surface area contributed by atoms with Crippen molar-refractivity contribution in [2.24, 2.45) is 0 Å². The fourth-order valence-corrected chi connectivity index (χ4v) is 1.66. The van der Waals surface area contributed by atoms with Crippen LogP contribution in [0.15, 0.2) is 24.3 Å². The summed E-state index contributed by atoms with van der Waals surface area (Å²) in [6.07, 6.45) is -2.57. The Morgan fingerprint density at radius 2 is 2.06 bits per heavy atom. The van der Waals surface area contributed by atoms with E-state index < -0.39 is 11.7 Å². The molecule has 5 heteroatoms. The molecule has 0 bridgehead atoms. The molecule has 0 aliphatic heterocycles. The lowest BCUT2D eigenvalue weighted by molar-refractivity contribution is -0.137. The van der Waals surface area contributed by atoms with Gasteiger partial charge >= 0.3 is 6.18 Å². The van der Waals surface area contributed by atoms with E-state index in [-0.39, 0.29) is 5.38 Å². The molecule has 0 aromatic heterocycles. The van der Waals surface area contributed by atoms with Crippen molar-refractivity contribution < 1.29 is 13.2 Å². The lowest BCUT2D eigenvalue weighted by atomic mass is 10.1. The topological polar surface area (TPSA) is 12.0 Å². The molecule has 0 aliphatic carbocycles. The van der Waals surface area contributed by atoms with Gasteiger partial charge in [-0.05, 0) is 31.0 Å². The standard InChI is InChI=1S/C13H17ClF3N/c1-2-12(14)6-7-18-9-10-4-3-5-11(8-10)13(15,16)17/h3-5,8,12,18H,2,6-7,9H2,1H3. The van der Waals surface area contributed by atoms with Gasteiger partial charge in [-0.2, -0.15) is 13.2 Å². The molecule has 18 heavy (non-hydrogen) atoms. The molecule has 0 fully saturated rings. The van der Waals surface area contributed by atoms with Crippen LogP contribution in [0.5, 0.6) is 0 Å². The molecular formula is C13H17ClF3N. The van der Waals surface area contributed by atoms with E-state index in [1.807, 2.05) is 6.92 Å². The van der Waals surface area contributed by atoms with Crippen LogP contribution in [0.4, 0.5) is 13.2 Å². The van der Waals surface area contributed by atoms with E-state index in [1.165, 1.54) is 12.1 Å². The highest BCUT2D eigenvalue weighted by Gasteiger charge is 2.30. The Morgan fingerprint density at radius 1 is 1.33 bits per heavy atom. The van der Waals surface area contributed by atoms with Crippen molar-refractivity contribution in [1.82, 2.24) is 5.32 Å². The smallest absolute Gasteiger partial charge is 0.313 e. The normalized spacial score (nSPS) is 13.6. The largest absolute Gasteiger partial charge is 0.416 e. The summed E-state index contributed by atoms with van der Waals surface area (Å²) in [5, 5.41) is 3.22. The summed E-state index contributed by atoms with van der Waals surface area (Å²) >= 11 is 5.94. The van der Waals surface area contributed by atoms with Crippen LogP contribution in [0.2, 0.25) is 0 Å². The Kier molecular flexibility index (Phi) is 5.96. The SMILES string of the molecule is CCC(Cl)CCNCc1cccc(C(F)(F)F)c1. The average molecular weight is 280 g/mol. The summed E-state index contributed by atoms with van der Waals surface area (Å²) in [6.45, 7) is 3.14. The molecule has 1 aromatic carbocycles. The van der Waals surface area contributed by atoms with Crippen LogP contribution in [-0.4, -0.2) is 11.9 Å². The minimum Gasteiger partial charge on any atom is -0.313 e. The van der Waals surface area contributed by atoms with E-state index in [4.69, 9.17) is 11.6 Å². The fraction of sp³-hybridized carbons (Fsp3) is 0.538. The Balaban J connectivity index is 2.43. The fourth-order valence-electron chi connectivity index (χ4n) is 1.55. The molecule has 0 aliphatic rings. The van der Waals surface area contributed by atoms with Gasteiger partial charge in [0, 0.05) is 11.9 Å². The maximum atomic E-state index is 12.5. The molecule has 1 aromatic rings. The summed E-state index contributed by atoms with van der Waals surface area (Å²) in [7, 11) is 0.